The van der Waals surface area contributed by atoms with Gasteiger partial charge in [0, 0.05) is 30.9 Å². The molecular weight excluding hydrogens is 408 g/mol. The topological polar surface area (TPSA) is 75.6 Å². The molecule has 0 aliphatic rings. The molecule has 0 unspecified atom stereocenters. The van der Waals surface area contributed by atoms with Crippen LogP contribution in [0.1, 0.15) is 41.8 Å². The number of hydrogen-bond acceptors (Lipinski definition) is 4. The summed E-state index contributed by atoms with van der Waals surface area (Å²) in [6, 6.07) is 27.7. The van der Waals surface area contributed by atoms with Gasteiger partial charge in [-0.3, -0.25) is 9.69 Å². The Morgan fingerprint density at radius 3 is 1.64 bits per heavy atom. The van der Waals surface area contributed by atoms with Gasteiger partial charge in [0.1, 0.15) is 0 Å². The van der Waals surface area contributed by atoms with E-state index in [0.29, 0.717) is 5.56 Å². The van der Waals surface area contributed by atoms with E-state index in [1.807, 2.05) is 54.6 Å². The molecule has 5 heteroatoms. The number of carbonyl (C=O) groups is 1. The van der Waals surface area contributed by atoms with Crippen LogP contribution in [0, 0.1) is 0 Å². The molecule has 0 aliphatic carbocycles. The molecule has 0 fully saturated rings. The van der Waals surface area contributed by atoms with Crippen LogP contribution in [0.3, 0.4) is 0 Å². The highest BCUT2D eigenvalue weighted by atomic mass is 16.1. The molecule has 0 radical (unpaired) electrons. The fourth-order valence-electron chi connectivity index (χ4n) is 3.60. The molecule has 0 aliphatic heterocycles. The summed E-state index contributed by atoms with van der Waals surface area (Å²) in [6.45, 7) is 10.6. The number of anilines is 1. The van der Waals surface area contributed by atoms with Gasteiger partial charge in [-0.15, -0.1) is 0 Å². The molecule has 0 aromatic heterocycles. The van der Waals surface area contributed by atoms with E-state index < -0.39 is 0 Å². The highest BCUT2D eigenvalue weighted by molar-refractivity contribution is 5.92. The average Bonchev–Trinajstić information content (AvgIpc) is 2.84. The van der Waals surface area contributed by atoms with Crippen LogP contribution < -0.4 is 11.5 Å². The van der Waals surface area contributed by atoms with Crippen molar-refractivity contribution < 1.29 is 4.79 Å². The van der Waals surface area contributed by atoms with E-state index in [-0.39, 0.29) is 5.91 Å². The Hall–Kier alpha value is -3.15. The number of amides is 1. The number of hydrogen-bond donors (Lipinski definition) is 2. The van der Waals surface area contributed by atoms with Crippen molar-refractivity contribution in [3.8, 4) is 0 Å². The Morgan fingerprint density at radius 1 is 0.697 bits per heavy atom. The Bertz CT molecular complexity index is 910. The predicted octanol–water partition coefficient (Wildman–Crippen LogP) is 4.79. The maximum atomic E-state index is 11.2. The van der Waals surface area contributed by atoms with Crippen LogP contribution in [0.4, 0.5) is 5.69 Å². The summed E-state index contributed by atoms with van der Waals surface area (Å²) in [5.74, 6) is -0.378. The smallest absolute Gasteiger partial charge is 0.248 e. The first-order chi connectivity index (χ1) is 16.0. The van der Waals surface area contributed by atoms with E-state index in [1.165, 1.54) is 11.1 Å². The van der Waals surface area contributed by atoms with Crippen LogP contribution in [-0.4, -0.2) is 41.9 Å². The molecule has 3 rings (SSSR count). The average molecular weight is 447 g/mol. The lowest BCUT2D eigenvalue weighted by Crippen LogP contribution is -2.29. The number of rotatable bonds is 11. The molecular formula is C28H38N4O. The molecule has 0 saturated heterocycles. The van der Waals surface area contributed by atoms with Crippen molar-refractivity contribution in [3.63, 3.8) is 0 Å². The third-order valence-corrected chi connectivity index (χ3v) is 5.54. The number of para-hydroxylation sites is 1. The molecule has 4 N–H and O–H groups in total. The van der Waals surface area contributed by atoms with Crippen molar-refractivity contribution in [2.45, 2.75) is 33.4 Å². The van der Waals surface area contributed by atoms with Gasteiger partial charge in [-0.25, -0.2) is 0 Å². The van der Waals surface area contributed by atoms with Crippen LogP contribution in [0.2, 0.25) is 0 Å². The first-order valence-corrected chi connectivity index (χ1v) is 11.7. The normalized spacial score (nSPS) is 10.7. The highest BCUT2D eigenvalue weighted by Crippen LogP contribution is 2.12. The molecule has 3 aromatic rings. The maximum absolute atomic E-state index is 11.2. The van der Waals surface area contributed by atoms with Crippen LogP contribution in [0.15, 0.2) is 84.9 Å². The SMILES string of the molecule is CCN(CC)CCCN(Cc1ccccc1)Cc1ccc(C(N)=O)cc1.Nc1ccccc1. The van der Waals surface area contributed by atoms with Gasteiger partial charge in [0.2, 0.25) is 5.91 Å². The molecule has 0 spiro atoms. The molecule has 1 amide bonds. The number of nitrogen functional groups attached to an aromatic ring is 1. The molecule has 0 heterocycles. The van der Waals surface area contributed by atoms with Gasteiger partial charge in [-0.05, 0) is 61.4 Å². The number of nitrogens with two attached hydrogens (primary N) is 2. The zero-order valence-electron chi connectivity index (χ0n) is 20.0. The Labute approximate surface area is 199 Å². The number of primary amides is 1. The molecule has 0 saturated carbocycles. The van der Waals surface area contributed by atoms with Gasteiger partial charge >= 0.3 is 0 Å². The zero-order valence-corrected chi connectivity index (χ0v) is 20.0. The fraction of sp³-hybridized carbons (Fsp3) is 0.321. The monoisotopic (exact) mass is 446 g/mol. The second-order valence-electron chi connectivity index (χ2n) is 8.05. The summed E-state index contributed by atoms with van der Waals surface area (Å²) in [6.07, 6.45) is 1.15. The first-order valence-electron chi connectivity index (χ1n) is 11.7. The van der Waals surface area contributed by atoms with E-state index in [1.54, 1.807) is 0 Å². The second kappa shape index (κ2) is 14.8. The third-order valence-electron chi connectivity index (χ3n) is 5.54. The number of benzene rings is 3. The van der Waals surface area contributed by atoms with Gasteiger partial charge in [0.15, 0.2) is 0 Å². The van der Waals surface area contributed by atoms with Crippen molar-refractivity contribution in [1.29, 1.82) is 0 Å². The van der Waals surface area contributed by atoms with E-state index in [2.05, 4.69) is 54.0 Å². The van der Waals surface area contributed by atoms with Crippen molar-refractivity contribution in [2.24, 2.45) is 5.73 Å². The molecule has 3 aromatic carbocycles. The Kier molecular flexibility index (Phi) is 11.7. The van der Waals surface area contributed by atoms with Gasteiger partial charge in [0.25, 0.3) is 0 Å². The molecule has 5 nitrogen and oxygen atoms in total. The minimum absolute atomic E-state index is 0.378. The Morgan fingerprint density at radius 2 is 1.18 bits per heavy atom. The van der Waals surface area contributed by atoms with Crippen LogP contribution in [0.5, 0.6) is 0 Å². The van der Waals surface area contributed by atoms with E-state index >= 15 is 0 Å². The van der Waals surface area contributed by atoms with Crippen molar-refractivity contribution in [1.82, 2.24) is 9.80 Å². The molecule has 0 bridgehead atoms. The largest absolute Gasteiger partial charge is 0.399 e. The van der Waals surface area contributed by atoms with Crippen LogP contribution in [-0.2, 0) is 13.1 Å². The summed E-state index contributed by atoms with van der Waals surface area (Å²) in [4.78, 5) is 16.2. The minimum atomic E-state index is -0.378. The van der Waals surface area contributed by atoms with Gasteiger partial charge in [-0.2, -0.15) is 0 Å². The summed E-state index contributed by atoms with van der Waals surface area (Å²) in [5.41, 5.74) is 14.6. The Balaban J connectivity index is 0.000000468. The summed E-state index contributed by atoms with van der Waals surface area (Å²) in [7, 11) is 0. The zero-order chi connectivity index (χ0) is 23.9. The van der Waals surface area contributed by atoms with Crippen LogP contribution in [0.25, 0.3) is 0 Å². The lowest BCUT2D eigenvalue weighted by Gasteiger charge is -2.25. The molecule has 0 atom stereocenters. The van der Waals surface area contributed by atoms with Gasteiger partial charge < -0.3 is 16.4 Å². The molecule has 33 heavy (non-hydrogen) atoms. The van der Waals surface area contributed by atoms with E-state index in [4.69, 9.17) is 11.5 Å². The fourth-order valence-corrected chi connectivity index (χ4v) is 3.60. The number of carbonyl (C=O) groups excluding carboxylic acids is 1. The quantitative estimate of drug-likeness (QED) is 0.415. The lowest BCUT2D eigenvalue weighted by atomic mass is 10.1. The third kappa shape index (κ3) is 10.3. The minimum Gasteiger partial charge on any atom is -0.399 e. The maximum Gasteiger partial charge on any atom is 0.248 e. The predicted molar refractivity (Wildman–Crippen MR) is 139 cm³/mol. The van der Waals surface area contributed by atoms with E-state index in [0.717, 1.165) is 51.4 Å². The van der Waals surface area contributed by atoms with Gasteiger partial charge in [-0.1, -0.05) is 74.5 Å². The van der Waals surface area contributed by atoms with Crippen LogP contribution >= 0.6 is 0 Å². The van der Waals surface area contributed by atoms with Crippen molar-refractivity contribution >= 4 is 11.6 Å². The summed E-state index contributed by atoms with van der Waals surface area (Å²) >= 11 is 0. The standard InChI is InChI=1S/C22H31N3O.C6H7N/c1-3-24(4-2)15-8-16-25(17-19-9-6-5-7-10-19)18-20-11-13-21(14-12-20)22(23)26;7-6-4-2-1-3-5-6/h5-7,9-14H,3-4,8,15-18H2,1-2H3,(H2,23,26);1-5H,7H2. The number of nitrogens with zero attached hydrogens (tertiary/aromatic N) is 2. The van der Waals surface area contributed by atoms with E-state index in [9.17, 15) is 4.79 Å². The summed E-state index contributed by atoms with van der Waals surface area (Å²) in [5, 5.41) is 0. The first kappa shape index (κ1) is 26.1. The van der Waals surface area contributed by atoms with Crippen molar-refractivity contribution in [3.05, 3.63) is 102 Å². The lowest BCUT2D eigenvalue weighted by molar-refractivity contribution is 0.1000. The molecule has 176 valence electrons. The summed E-state index contributed by atoms with van der Waals surface area (Å²) < 4.78 is 0. The van der Waals surface area contributed by atoms with Gasteiger partial charge in [0.05, 0.1) is 0 Å². The second-order valence-corrected chi connectivity index (χ2v) is 8.05. The highest BCUT2D eigenvalue weighted by Gasteiger charge is 2.09. The van der Waals surface area contributed by atoms with Crippen molar-refractivity contribution in [2.75, 3.05) is 31.9 Å².